The fourth-order valence-electron chi connectivity index (χ4n) is 1.63. The number of thiophene rings is 1. The summed E-state index contributed by atoms with van der Waals surface area (Å²) in [5, 5.41) is 13.3. The highest BCUT2D eigenvalue weighted by atomic mass is 32.1. The van der Waals surface area contributed by atoms with Gasteiger partial charge in [-0.1, -0.05) is 20.3 Å². The molecule has 0 aromatic carbocycles. The van der Waals surface area contributed by atoms with Crippen molar-refractivity contribution in [3.8, 4) is 6.07 Å². The van der Waals surface area contributed by atoms with Gasteiger partial charge < -0.3 is 0 Å². The molecule has 82 valence electrons. The standard InChI is InChI=1S/C12H18N2S/c1-3-5-7-14(4-2)12(9-13)11-6-8-15-10-11/h6,8,10,12H,3-5,7H2,1-2H3. The summed E-state index contributed by atoms with van der Waals surface area (Å²) in [5.41, 5.74) is 1.14. The van der Waals surface area contributed by atoms with Crippen molar-refractivity contribution in [2.75, 3.05) is 13.1 Å². The maximum absolute atomic E-state index is 9.21. The molecule has 1 atom stereocenters. The Labute approximate surface area is 96.1 Å². The van der Waals surface area contributed by atoms with E-state index in [9.17, 15) is 5.26 Å². The number of rotatable bonds is 6. The summed E-state index contributed by atoms with van der Waals surface area (Å²) >= 11 is 1.66. The molecule has 0 saturated carbocycles. The Morgan fingerprint density at radius 3 is 2.80 bits per heavy atom. The lowest BCUT2D eigenvalue weighted by Gasteiger charge is -2.24. The minimum Gasteiger partial charge on any atom is -0.285 e. The van der Waals surface area contributed by atoms with E-state index in [0.717, 1.165) is 25.1 Å². The molecule has 0 bridgehead atoms. The van der Waals surface area contributed by atoms with Gasteiger partial charge in [-0.2, -0.15) is 16.6 Å². The molecule has 0 N–H and O–H groups in total. The van der Waals surface area contributed by atoms with Crippen LogP contribution in [0.15, 0.2) is 16.8 Å². The van der Waals surface area contributed by atoms with Crippen molar-refractivity contribution in [2.45, 2.75) is 32.7 Å². The summed E-state index contributed by atoms with van der Waals surface area (Å²) in [6.07, 6.45) is 2.34. The van der Waals surface area contributed by atoms with E-state index in [1.165, 1.54) is 6.42 Å². The third-order valence-electron chi connectivity index (χ3n) is 2.55. The Hall–Kier alpha value is -0.850. The quantitative estimate of drug-likeness (QED) is 0.737. The number of nitrogens with zero attached hydrogens (tertiary/aromatic N) is 2. The second kappa shape index (κ2) is 6.60. The van der Waals surface area contributed by atoms with E-state index in [1.807, 2.05) is 11.4 Å². The van der Waals surface area contributed by atoms with Gasteiger partial charge >= 0.3 is 0 Å². The molecule has 0 radical (unpaired) electrons. The zero-order chi connectivity index (χ0) is 11.1. The monoisotopic (exact) mass is 222 g/mol. The molecule has 2 nitrogen and oxygen atoms in total. The lowest BCUT2D eigenvalue weighted by Crippen LogP contribution is -2.28. The van der Waals surface area contributed by atoms with Crippen LogP contribution >= 0.6 is 11.3 Å². The first-order valence-corrected chi connectivity index (χ1v) is 6.43. The van der Waals surface area contributed by atoms with Crippen LogP contribution in [0, 0.1) is 11.3 Å². The van der Waals surface area contributed by atoms with E-state index in [1.54, 1.807) is 11.3 Å². The number of unbranched alkanes of at least 4 members (excludes halogenated alkanes) is 1. The van der Waals surface area contributed by atoms with E-state index >= 15 is 0 Å². The fourth-order valence-corrected chi connectivity index (χ4v) is 2.31. The Kier molecular flexibility index (Phi) is 5.38. The van der Waals surface area contributed by atoms with Crippen molar-refractivity contribution >= 4 is 11.3 Å². The molecule has 0 aliphatic rings. The topological polar surface area (TPSA) is 27.0 Å². The van der Waals surface area contributed by atoms with Gasteiger partial charge in [-0.05, 0) is 41.9 Å². The van der Waals surface area contributed by atoms with Gasteiger partial charge in [0.15, 0.2) is 0 Å². The molecule has 1 rings (SSSR count). The highest BCUT2D eigenvalue weighted by Crippen LogP contribution is 2.22. The van der Waals surface area contributed by atoms with E-state index in [2.05, 4.69) is 30.2 Å². The fraction of sp³-hybridized carbons (Fsp3) is 0.583. The van der Waals surface area contributed by atoms with Crippen molar-refractivity contribution in [1.29, 1.82) is 5.26 Å². The van der Waals surface area contributed by atoms with Crippen LogP contribution < -0.4 is 0 Å². The van der Waals surface area contributed by atoms with E-state index in [4.69, 9.17) is 0 Å². The third-order valence-corrected chi connectivity index (χ3v) is 3.25. The Balaban J connectivity index is 2.68. The molecule has 1 aromatic heterocycles. The van der Waals surface area contributed by atoms with E-state index in [-0.39, 0.29) is 6.04 Å². The molecule has 0 amide bonds. The number of hydrogen-bond donors (Lipinski definition) is 0. The summed E-state index contributed by atoms with van der Waals surface area (Å²) < 4.78 is 0. The maximum atomic E-state index is 9.21. The molecule has 0 aliphatic carbocycles. The molecule has 1 unspecified atom stereocenters. The van der Waals surface area contributed by atoms with Crippen molar-refractivity contribution in [1.82, 2.24) is 4.90 Å². The minimum atomic E-state index is -0.0622. The Bertz CT molecular complexity index is 300. The molecule has 15 heavy (non-hydrogen) atoms. The van der Waals surface area contributed by atoms with Crippen LogP contribution in [0.2, 0.25) is 0 Å². The van der Waals surface area contributed by atoms with Gasteiger partial charge in [-0.15, -0.1) is 0 Å². The Morgan fingerprint density at radius 1 is 1.53 bits per heavy atom. The summed E-state index contributed by atoms with van der Waals surface area (Å²) in [6, 6.07) is 4.38. The number of nitriles is 1. The lowest BCUT2D eigenvalue weighted by atomic mass is 10.1. The Morgan fingerprint density at radius 2 is 2.33 bits per heavy atom. The summed E-state index contributed by atoms with van der Waals surface area (Å²) in [6.45, 7) is 6.25. The lowest BCUT2D eigenvalue weighted by molar-refractivity contribution is 0.245. The second-order valence-corrected chi connectivity index (χ2v) is 4.35. The van der Waals surface area contributed by atoms with Gasteiger partial charge in [0.2, 0.25) is 0 Å². The zero-order valence-corrected chi connectivity index (χ0v) is 10.3. The molecule has 1 aromatic rings. The zero-order valence-electron chi connectivity index (χ0n) is 9.44. The molecular weight excluding hydrogens is 204 g/mol. The van der Waals surface area contributed by atoms with Crippen LogP contribution in [0.3, 0.4) is 0 Å². The third kappa shape index (κ3) is 3.33. The average molecular weight is 222 g/mol. The van der Waals surface area contributed by atoms with Gasteiger partial charge in [-0.25, -0.2) is 0 Å². The van der Waals surface area contributed by atoms with Crippen LogP contribution in [0.1, 0.15) is 38.3 Å². The summed E-state index contributed by atoms with van der Waals surface area (Å²) in [5.74, 6) is 0. The van der Waals surface area contributed by atoms with Gasteiger partial charge in [0, 0.05) is 0 Å². The van der Waals surface area contributed by atoms with E-state index < -0.39 is 0 Å². The number of hydrogen-bond acceptors (Lipinski definition) is 3. The molecule has 3 heteroatoms. The SMILES string of the molecule is CCCCN(CC)C(C#N)c1ccsc1. The molecule has 0 aliphatic heterocycles. The highest BCUT2D eigenvalue weighted by Gasteiger charge is 2.17. The normalized spacial score (nSPS) is 12.7. The average Bonchev–Trinajstić information content (AvgIpc) is 2.77. The second-order valence-electron chi connectivity index (χ2n) is 3.57. The predicted molar refractivity (Wildman–Crippen MR) is 64.8 cm³/mol. The van der Waals surface area contributed by atoms with Crippen LogP contribution in [0.4, 0.5) is 0 Å². The molecule has 0 saturated heterocycles. The van der Waals surface area contributed by atoms with Crippen LogP contribution in [-0.4, -0.2) is 18.0 Å². The van der Waals surface area contributed by atoms with Gasteiger partial charge in [-0.3, -0.25) is 4.90 Å². The summed E-state index contributed by atoms with van der Waals surface area (Å²) in [7, 11) is 0. The summed E-state index contributed by atoms with van der Waals surface area (Å²) in [4.78, 5) is 2.24. The van der Waals surface area contributed by atoms with Crippen LogP contribution in [0.5, 0.6) is 0 Å². The molecule has 1 heterocycles. The first-order valence-electron chi connectivity index (χ1n) is 5.49. The van der Waals surface area contributed by atoms with Crippen molar-refractivity contribution in [3.63, 3.8) is 0 Å². The highest BCUT2D eigenvalue weighted by molar-refractivity contribution is 7.08. The smallest absolute Gasteiger partial charge is 0.124 e. The first kappa shape index (κ1) is 12.2. The van der Waals surface area contributed by atoms with Crippen molar-refractivity contribution < 1.29 is 0 Å². The maximum Gasteiger partial charge on any atom is 0.124 e. The largest absolute Gasteiger partial charge is 0.285 e. The van der Waals surface area contributed by atoms with Gasteiger partial charge in [0.1, 0.15) is 6.04 Å². The molecule has 0 spiro atoms. The van der Waals surface area contributed by atoms with Crippen molar-refractivity contribution in [2.24, 2.45) is 0 Å². The van der Waals surface area contributed by atoms with Crippen LogP contribution in [0.25, 0.3) is 0 Å². The predicted octanol–water partition coefficient (Wildman–Crippen LogP) is 3.43. The molecular formula is C12H18N2S. The first-order chi connectivity index (χ1) is 7.33. The van der Waals surface area contributed by atoms with E-state index in [0.29, 0.717) is 0 Å². The van der Waals surface area contributed by atoms with Gasteiger partial charge in [0.05, 0.1) is 6.07 Å². The molecule has 0 fully saturated rings. The minimum absolute atomic E-state index is 0.0622. The van der Waals surface area contributed by atoms with Gasteiger partial charge in [0.25, 0.3) is 0 Å². The van der Waals surface area contributed by atoms with Crippen molar-refractivity contribution in [3.05, 3.63) is 22.4 Å². The van der Waals surface area contributed by atoms with Crippen LogP contribution in [-0.2, 0) is 0 Å².